The maximum absolute atomic E-state index is 12.4. The Kier molecular flexibility index (Phi) is 11.9. The largest absolute Gasteiger partial charge is 0.394 e. The van der Waals surface area contributed by atoms with Crippen LogP contribution >= 0.6 is 0 Å². The number of rotatable bonds is 10. The van der Waals surface area contributed by atoms with Crippen LogP contribution in [0.15, 0.2) is 0 Å². The average Bonchev–Trinajstić information content (AvgIpc) is 3.58. The van der Waals surface area contributed by atoms with Gasteiger partial charge in [0.2, 0.25) is 0 Å². The average molecular weight is 791 g/mol. The standard InChI is InChI=1S/C39H66O16/c1-17(16-51-34-32(47)30(45)28(43)25(14-40)53-34)5-10-39(50)18(2)27-23(55-39)11-21-19-6-9-38(49)13-24(52-35-33(48)31(46)29(44)26(15-41)54-35)22(42)12-37(38,4)20(19)7-8-36(21,27)3/h17-35,40-50H,5-16H2,1-4H3/t17?,18-,19+,20-,21-,22+,23-,24+,25+,26+,27-,28+,29+,30-,31-,32+,33+,34+,35+,36-,37+,38+,39-/m0/s1. The molecule has 3 saturated heterocycles. The van der Waals surface area contributed by atoms with Crippen molar-refractivity contribution >= 4 is 0 Å². The van der Waals surface area contributed by atoms with E-state index in [1.165, 1.54) is 0 Å². The lowest BCUT2D eigenvalue weighted by Crippen LogP contribution is -2.67. The van der Waals surface area contributed by atoms with Crippen LogP contribution in [0.5, 0.6) is 0 Å². The summed E-state index contributed by atoms with van der Waals surface area (Å²) in [4.78, 5) is 0. The zero-order valence-electron chi connectivity index (χ0n) is 32.4. The first-order valence-electron chi connectivity index (χ1n) is 20.5. The fourth-order valence-corrected chi connectivity index (χ4v) is 12.7. The number of hydrogen-bond acceptors (Lipinski definition) is 16. The molecule has 55 heavy (non-hydrogen) atoms. The predicted molar refractivity (Wildman–Crippen MR) is 189 cm³/mol. The number of aliphatic hydroxyl groups is 11. The van der Waals surface area contributed by atoms with Gasteiger partial charge in [0.25, 0.3) is 0 Å². The van der Waals surface area contributed by atoms with Crippen LogP contribution in [0.2, 0.25) is 0 Å². The summed E-state index contributed by atoms with van der Waals surface area (Å²) in [6.07, 6.45) is -10.9. The summed E-state index contributed by atoms with van der Waals surface area (Å²) in [6, 6.07) is 0. The van der Waals surface area contributed by atoms with Crippen LogP contribution in [-0.2, 0) is 23.7 Å². The molecule has 7 aliphatic rings. The fourth-order valence-electron chi connectivity index (χ4n) is 12.7. The molecule has 1 unspecified atom stereocenters. The highest BCUT2D eigenvalue weighted by atomic mass is 16.7. The van der Waals surface area contributed by atoms with E-state index in [0.717, 1.165) is 25.7 Å². The van der Waals surface area contributed by atoms with Gasteiger partial charge < -0.3 is 79.9 Å². The van der Waals surface area contributed by atoms with E-state index in [9.17, 15) is 56.2 Å². The van der Waals surface area contributed by atoms with E-state index in [2.05, 4.69) is 20.8 Å². The normalized spacial score (nSPS) is 57.0. The van der Waals surface area contributed by atoms with Gasteiger partial charge in [0, 0.05) is 24.2 Å². The molecular weight excluding hydrogens is 724 g/mol. The minimum absolute atomic E-state index is 0.0683. The zero-order chi connectivity index (χ0) is 40.0. The first kappa shape index (κ1) is 42.5. The minimum atomic E-state index is -1.61. The van der Waals surface area contributed by atoms with Crippen molar-refractivity contribution in [1.82, 2.24) is 0 Å². The number of aliphatic hydroxyl groups excluding tert-OH is 9. The summed E-state index contributed by atoms with van der Waals surface area (Å²) in [5.41, 5.74) is -1.88. The molecule has 4 saturated carbocycles. The lowest BCUT2D eigenvalue weighted by atomic mass is 9.42. The molecule has 7 rings (SSSR count). The lowest BCUT2D eigenvalue weighted by molar-refractivity contribution is -0.333. The summed E-state index contributed by atoms with van der Waals surface area (Å²) < 4.78 is 29.4. The second-order valence-corrected chi connectivity index (χ2v) is 19.0. The summed E-state index contributed by atoms with van der Waals surface area (Å²) in [5, 5.41) is 116. The molecule has 0 radical (unpaired) electrons. The Morgan fingerprint density at radius 1 is 0.764 bits per heavy atom. The molecule has 0 spiro atoms. The van der Waals surface area contributed by atoms with E-state index < -0.39 is 104 Å². The van der Waals surface area contributed by atoms with Crippen molar-refractivity contribution in [3.8, 4) is 0 Å². The van der Waals surface area contributed by atoms with Crippen LogP contribution in [0.1, 0.15) is 85.5 Å². The van der Waals surface area contributed by atoms with Crippen molar-refractivity contribution in [1.29, 1.82) is 0 Å². The van der Waals surface area contributed by atoms with Gasteiger partial charge in [-0.25, -0.2) is 0 Å². The van der Waals surface area contributed by atoms with Gasteiger partial charge in [0.05, 0.1) is 43.7 Å². The highest BCUT2D eigenvalue weighted by Gasteiger charge is 2.70. The molecule has 0 aromatic carbocycles. The van der Waals surface area contributed by atoms with Crippen LogP contribution in [-0.4, -0.2) is 167 Å². The second kappa shape index (κ2) is 15.4. The SMILES string of the molecule is CC(CC[C@]1(O)O[C@H]2C[C@H]3[C@@H]4CC[C@@]5(O)C[C@@H](O[C@@H]6O[C@H](CO)[C@@H](O)[C@H](O)[C@H]6O)[C@H](O)C[C@]5(C)[C@H]4CC[C@]3(C)[C@H]2[C@@H]1C)CO[C@@H]1O[C@H](CO)[C@@H](O)[C@H](O)[C@H]1O. The maximum Gasteiger partial charge on any atom is 0.187 e. The smallest absolute Gasteiger partial charge is 0.187 e. The van der Waals surface area contributed by atoms with E-state index in [1.807, 2.05) is 6.92 Å². The summed E-state index contributed by atoms with van der Waals surface area (Å²) >= 11 is 0. The molecule has 0 aromatic heterocycles. The van der Waals surface area contributed by atoms with Crippen molar-refractivity contribution in [2.45, 2.75) is 177 Å². The van der Waals surface area contributed by atoms with Gasteiger partial charge in [-0.05, 0) is 80.0 Å². The monoisotopic (exact) mass is 790 g/mol. The molecular formula is C39H66O16. The number of hydrogen-bond donors (Lipinski definition) is 11. The van der Waals surface area contributed by atoms with Gasteiger partial charge in [-0.3, -0.25) is 0 Å². The summed E-state index contributed by atoms with van der Waals surface area (Å²) in [5.74, 6) is -0.693. The quantitative estimate of drug-likeness (QED) is 0.112. The van der Waals surface area contributed by atoms with E-state index in [-0.39, 0.29) is 60.6 Å². The predicted octanol–water partition coefficient (Wildman–Crippen LogP) is -1.52. The molecule has 23 atom stereocenters. The van der Waals surface area contributed by atoms with Gasteiger partial charge >= 0.3 is 0 Å². The van der Waals surface area contributed by atoms with Gasteiger partial charge in [0.1, 0.15) is 48.8 Å². The summed E-state index contributed by atoms with van der Waals surface area (Å²) in [6.45, 7) is 7.46. The van der Waals surface area contributed by atoms with Crippen LogP contribution < -0.4 is 0 Å². The Morgan fingerprint density at radius 3 is 2.02 bits per heavy atom. The van der Waals surface area contributed by atoms with E-state index >= 15 is 0 Å². The van der Waals surface area contributed by atoms with Gasteiger partial charge in [-0.15, -0.1) is 0 Å². The Balaban J connectivity index is 0.964. The van der Waals surface area contributed by atoms with E-state index in [1.54, 1.807) is 0 Å². The van der Waals surface area contributed by atoms with Gasteiger partial charge in [-0.1, -0.05) is 27.7 Å². The third-order valence-corrected chi connectivity index (χ3v) is 16.0. The second-order valence-electron chi connectivity index (χ2n) is 19.0. The maximum atomic E-state index is 12.4. The van der Waals surface area contributed by atoms with Crippen LogP contribution in [0.25, 0.3) is 0 Å². The third-order valence-electron chi connectivity index (χ3n) is 16.0. The molecule has 16 heteroatoms. The molecule has 16 nitrogen and oxygen atoms in total. The van der Waals surface area contributed by atoms with Crippen molar-refractivity contribution in [3.63, 3.8) is 0 Å². The van der Waals surface area contributed by atoms with Crippen molar-refractivity contribution < 1.29 is 79.9 Å². The molecule has 0 aromatic rings. The van der Waals surface area contributed by atoms with Crippen molar-refractivity contribution in [2.75, 3.05) is 19.8 Å². The van der Waals surface area contributed by atoms with Gasteiger partial charge in [-0.2, -0.15) is 0 Å². The Bertz CT molecular complexity index is 1340. The van der Waals surface area contributed by atoms with Gasteiger partial charge in [0.15, 0.2) is 18.4 Å². The molecule has 3 heterocycles. The molecule has 4 aliphatic carbocycles. The third kappa shape index (κ3) is 6.95. The molecule has 0 bridgehead atoms. The van der Waals surface area contributed by atoms with Crippen molar-refractivity contribution in [3.05, 3.63) is 0 Å². The van der Waals surface area contributed by atoms with Crippen LogP contribution in [0, 0.1) is 46.3 Å². The zero-order valence-corrected chi connectivity index (χ0v) is 32.4. The number of ether oxygens (including phenoxy) is 5. The lowest BCUT2D eigenvalue weighted by Gasteiger charge is -2.65. The molecule has 0 amide bonds. The number of fused-ring (bicyclic) bond motifs is 7. The molecule has 11 N–H and O–H groups in total. The fraction of sp³-hybridized carbons (Fsp3) is 1.00. The Morgan fingerprint density at radius 2 is 1.38 bits per heavy atom. The van der Waals surface area contributed by atoms with Crippen LogP contribution in [0.3, 0.4) is 0 Å². The highest BCUT2D eigenvalue weighted by molar-refractivity contribution is 5.18. The van der Waals surface area contributed by atoms with E-state index in [0.29, 0.717) is 25.2 Å². The topological polar surface area (TPSA) is 269 Å². The Hall–Kier alpha value is -0.640. The summed E-state index contributed by atoms with van der Waals surface area (Å²) in [7, 11) is 0. The van der Waals surface area contributed by atoms with Crippen LogP contribution in [0.4, 0.5) is 0 Å². The first-order valence-corrected chi connectivity index (χ1v) is 20.5. The van der Waals surface area contributed by atoms with E-state index in [4.69, 9.17) is 23.7 Å². The first-order chi connectivity index (χ1) is 25.8. The Labute approximate surface area is 322 Å². The highest BCUT2D eigenvalue weighted by Crippen LogP contribution is 2.71. The minimum Gasteiger partial charge on any atom is -0.394 e. The molecule has 3 aliphatic heterocycles. The van der Waals surface area contributed by atoms with Crippen molar-refractivity contribution in [2.24, 2.45) is 46.3 Å². The molecule has 7 fully saturated rings. The molecule has 318 valence electrons.